The zero-order valence-corrected chi connectivity index (χ0v) is 22.1. The van der Waals surface area contributed by atoms with Gasteiger partial charge in [0.2, 0.25) is 5.91 Å². The van der Waals surface area contributed by atoms with Crippen molar-refractivity contribution >= 4 is 56.7 Å². The van der Waals surface area contributed by atoms with Crippen molar-refractivity contribution in [2.75, 3.05) is 0 Å². The lowest BCUT2D eigenvalue weighted by atomic mass is 10.0. The third-order valence-electron chi connectivity index (χ3n) is 6.89. The van der Waals surface area contributed by atoms with Crippen LogP contribution in [-0.4, -0.2) is 16.3 Å². The van der Waals surface area contributed by atoms with Gasteiger partial charge in [-0.2, -0.15) is 0 Å². The predicted molar refractivity (Wildman–Crippen MR) is 158 cm³/mol. The summed E-state index contributed by atoms with van der Waals surface area (Å²) in [5, 5.41) is 2.64. The molecular formula is C33H21Cl2N2O2. The molecular weight excluding hydrogens is 527 g/mol. The average molecular weight is 548 g/mol. The molecule has 0 aliphatic rings. The highest BCUT2D eigenvalue weighted by atomic mass is 35.5. The van der Waals surface area contributed by atoms with Gasteiger partial charge < -0.3 is 10.3 Å². The van der Waals surface area contributed by atoms with E-state index >= 15 is 0 Å². The molecule has 0 fully saturated rings. The van der Waals surface area contributed by atoms with Crippen molar-refractivity contribution < 1.29 is 9.59 Å². The maximum Gasteiger partial charge on any atom is 0.249 e. The molecule has 6 aromatic rings. The number of aromatic nitrogens is 1. The molecule has 0 unspecified atom stereocenters. The number of halogens is 2. The van der Waals surface area contributed by atoms with Crippen molar-refractivity contribution in [3.8, 4) is 11.1 Å². The van der Waals surface area contributed by atoms with E-state index in [9.17, 15) is 9.59 Å². The molecule has 1 amide bonds. The largest absolute Gasteiger partial charge is 0.366 e. The number of fused-ring (bicyclic) bond motifs is 3. The van der Waals surface area contributed by atoms with Gasteiger partial charge in [0.25, 0.3) is 0 Å². The van der Waals surface area contributed by atoms with Crippen LogP contribution in [0.4, 0.5) is 0 Å². The predicted octanol–water partition coefficient (Wildman–Crippen LogP) is 7.95. The van der Waals surface area contributed by atoms with Crippen LogP contribution in [0.5, 0.6) is 0 Å². The Morgan fingerprint density at radius 2 is 1.54 bits per heavy atom. The smallest absolute Gasteiger partial charge is 0.249 e. The number of primary amides is 1. The molecule has 2 N–H and O–H groups in total. The highest BCUT2D eigenvalue weighted by molar-refractivity contribution is 6.36. The molecule has 39 heavy (non-hydrogen) atoms. The molecule has 189 valence electrons. The SMILES string of the molecule is NC(=O)c1cccc2c1c1[c]cc(-c3ccc(Cl)cc3Cl)cc1n2Cc1ccc(C(=O)c2ccccc2)cc1. The second kappa shape index (κ2) is 10.1. The molecule has 1 aromatic heterocycles. The first kappa shape index (κ1) is 24.9. The Balaban J connectivity index is 1.48. The summed E-state index contributed by atoms with van der Waals surface area (Å²) >= 11 is 12.6. The van der Waals surface area contributed by atoms with Crippen LogP contribution in [0.15, 0.2) is 103 Å². The number of hydrogen-bond donors (Lipinski definition) is 1. The summed E-state index contributed by atoms with van der Waals surface area (Å²) in [6.45, 7) is 0.508. The van der Waals surface area contributed by atoms with Gasteiger partial charge in [0.15, 0.2) is 5.78 Å². The summed E-state index contributed by atoms with van der Waals surface area (Å²) < 4.78 is 2.13. The Morgan fingerprint density at radius 1 is 0.795 bits per heavy atom. The number of benzene rings is 5. The molecule has 6 rings (SSSR count). The van der Waals surface area contributed by atoms with Crippen LogP contribution in [0.3, 0.4) is 0 Å². The van der Waals surface area contributed by atoms with E-state index in [2.05, 4.69) is 10.6 Å². The van der Waals surface area contributed by atoms with E-state index in [1.165, 1.54) is 0 Å². The molecule has 0 saturated carbocycles. The Bertz CT molecular complexity index is 1890. The standard InChI is InChI=1S/C33H21Cl2N2O2/c34-24-14-16-25(28(35)18-24)23-13-15-26-30(17-23)37(29-8-4-7-27(31(26)29)33(36)39)19-20-9-11-22(12-10-20)32(38)21-5-2-1-3-6-21/h1-14,16-18H,19H2,(H2,36,39). The van der Waals surface area contributed by atoms with E-state index in [1.807, 2.05) is 84.9 Å². The normalized spacial score (nSPS) is 11.2. The number of nitrogens with zero attached hydrogens (tertiary/aromatic N) is 1. The van der Waals surface area contributed by atoms with Gasteiger partial charge in [-0.25, -0.2) is 0 Å². The molecule has 0 aliphatic carbocycles. The zero-order chi connectivity index (χ0) is 27.1. The molecule has 1 radical (unpaired) electrons. The lowest BCUT2D eigenvalue weighted by Gasteiger charge is -2.11. The fourth-order valence-corrected chi connectivity index (χ4v) is 5.53. The summed E-state index contributed by atoms with van der Waals surface area (Å²) in [4.78, 5) is 25.2. The van der Waals surface area contributed by atoms with Gasteiger partial charge in [-0.1, -0.05) is 89.9 Å². The van der Waals surface area contributed by atoms with Gasteiger partial charge in [0.05, 0.1) is 11.0 Å². The van der Waals surface area contributed by atoms with Crippen LogP contribution in [-0.2, 0) is 6.54 Å². The van der Waals surface area contributed by atoms with Gasteiger partial charge >= 0.3 is 0 Å². The summed E-state index contributed by atoms with van der Waals surface area (Å²) in [6, 6.07) is 35.0. The number of hydrogen-bond acceptors (Lipinski definition) is 2. The molecule has 0 saturated heterocycles. The lowest BCUT2D eigenvalue weighted by Crippen LogP contribution is -2.11. The zero-order valence-electron chi connectivity index (χ0n) is 20.6. The monoisotopic (exact) mass is 547 g/mol. The number of ketones is 1. The fourth-order valence-electron chi connectivity index (χ4n) is 5.01. The van der Waals surface area contributed by atoms with E-state index in [-0.39, 0.29) is 5.78 Å². The van der Waals surface area contributed by atoms with E-state index in [1.54, 1.807) is 18.2 Å². The minimum absolute atomic E-state index is 0.0239. The van der Waals surface area contributed by atoms with Crippen LogP contribution in [0, 0.1) is 6.07 Å². The molecule has 0 spiro atoms. The number of rotatable bonds is 6. The van der Waals surface area contributed by atoms with Crippen LogP contribution in [0.2, 0.25) is 10.0 Å². The summed E-state index contributed by atoms with van der Waals surface area (Å²) in [6.07, 6.45) is 0. The molecule has 4 nitrogen and oxygen atoms in total. The maximum atomic E-state index is 12.9. The van der Waals surface area contributed by atoms with Crippen LogP contribution >= 0.6 is 23.2 Å². The third kappa shape index (κ3) is 4.59. The van der Waals surface area contributed by atoms with Gasteiger partial charge in [0.1, 0.15) is 0 Å². The second-order valence-electron chi connectivity index (χ2n) is 9.31. The fraction of sp³-hybridized carbons (Fsp3) is 0.0303. The molecule has 0 aliphatic heterocycles. The van der Waals surface area contributed by atoms with Crippen LogP contribution in [0.25, 0.3) is 32.9 Å². The first-order valence-corrected chi connectivity index (χ1v) is 13.1. The number of nitrogens with two attached hydrogens (primary N) is 1. The quantitative estimate of drug-likeness (QED) is 0.215. The van der Waals surface area contributed by atoms with Crippen LogP contribution < -0.4 is 5.73 Å². The highest BCUT2D eigenvalue weighted by Gasteiger charge is 2.18. The maximum absolute atomic E-state index is 12.9. The first-order valence-electron chi connectivity index (χ1n) is 12.3. The minimum atomic E-state index is -0.498. The van der Waals surface area contributed by atoms with Crippen molar-refractivity contribution in [3.63, 3.8) is 0 Å². The Kier molecular flexibility index (Phi) is 6.43. The van der Waals surface area contributed by atoms with E-state index in [4.69, 9.17) is 28.9 Å². The summed E-state index contributed by atoms with van der Waals surface area (Å²) in [5.41, 5.74) is 11.9. The number of carbonyl (C=O) groups excluding carboxylic acids is 2. The third-order valence-corrected chi connectivity index (χ3v) is 7.44. The number of amides is 1. The van der Waals surface area contributed by atoms with Gasteiger partial charge in [0, 0.05) is 49.6 Å². The van der Waals surface area contributed by atoms with E-state index in [0.717, 1.165) is 38.5 Å². The summed E-state index contributed by atoms with van der Waals surface area (Å²) in [7, 11) is 0. The Morgan fingerprint density at radius 3 is 2.26 bits per heavy atom. The van der Waals surface area contributed by atoms with Crippen LogP contribution in [0.1, 0.15) is 31.8 Å². The van der Waals surface area contributed by atoms with Crippen molar-refractivity contribution in [2.45, 2.75) is 6.54 Å². The second-order valence-corrected chi connectivity index (χ2v) is 10.2. The van der Waals surface area contributed by atoms with Gasteiger partial charge in [-0.15, -0.1) is 0 Å². The average Bonchev–Trinajstić information content (AvgIpc) is 3.26. The highest BCUT2D eigenvalue weighted by Crippen LogP contribution is 2.37. The molecule has 5 aromatic carbocycles. The first-order chi connectivity index (χ1) is 18.9. The Labute approximate surface area is 235 Å². The van der Waals surface area contributed by atoms with Gasteiger partial charge in [-0.05, 0) is 53.6 Å². The van der Waals surface area contributed by atoms with Crippen molar-refractivity contribution in [1.29, 1.82) is 0 Å². The number of carbonyl (C=O) groups is 2. The van der Waals surface area contributed by atoms with E-state index < -0.39 is 5.91 Å². The Hall–Kier alpha value is -4.38. The van der Waals surface area contributed by atoms with Crippen molar-refractivity contribution in [2.24, 2.45) is 5.73 Å². The lowest BCUT2D eigenvalue weighted by molar-refractivity contribution is 0.1000. The van der Waals surface area contributed by atoms with Crippen molar-refractivity contribution in [1.82, 2.24) is 4.57 Å². The molecule has 0 bridgehead atoms. The topological polar surface area (TPSA) is 65.1 Å². The minimum Gasteiger partial charge on any atom is -0.366 e. The molecule has 0 atom stereocenters. The molecule has 6 heteroatoms. The summed E-state index contributed by atoms with van der Waals surface area (Å²) in [5.74, 6) is -0.522. The van der Waals surface area contributed by atoms with E-state index in [0.29, 0.717) is 33.3 Å². The molecule has 1 heterocycles. The van der Waals surface area contributed by atoms with Gasteiger partial charge in [-0.3, -0.25) is 9.59 Å². The van der Waals surface area contributed by atoms with Crippen molar-refractivity contribution in [3.05, 3.63) is 141 Å².